The number of rotatable bonds is 7. The highest BCUT2D eigenvalue weighted by molar-refractivity contribution is 4.77. The van der Waals surface area contributed by atoms with Crippen LogP contribution in [0.3, 0.4) is 0 Å². The van der Waals surface area contributed by atoms with Crippen molar-refractivity contribution in [2.24, 2.45) is 5.92 Å². The van der Waals surface area contributed by atoms with E-state index in [4.69, 9.17) is 9.84 Å². The second-order valence-electron chi connectivity index (χ2n) is 4.90. The van der Waals surface area contributed by atoms with Crippen LogP contribution in [-0.4, -0.2) is 49.5 Å². The van der Waals surface area contributed by atoms with E-state index < -0.39 is 0 Å². The van der Waals surface area contributed by atoms with Crippen molar-refractivity contribution >= 4 is 0 Å². The molecule has 0 amide bonds. The molecule has 1 saturated carbocycles. The minimum atomic E-state index is 0.130. The predicted octanol–water partition coefficient (Wildman–Crippen LogP) is 1.90. The smallest absolute Gasteiger partial charge is 0.0698 e. The number of aliphatic hydroxyl groups is 1. The number of likely N-dealkylation sites (N-methyl/N-ethyl adjacent to an activating group) is 1. The predicted molar refractivity (Wildman–Crippen MR) is 66.6 cm³/mol. The number of ether oxygens (including phenoxy) is 1. The SMILES string of the molecule is CCC1CCC(N(C)CCOCCO)CC1. The standard InChI is InChI=1S/C13H27NO2/c1-3-12-4-6-13(7-5-12)14(2)8-10-16-11-9-15/h12-13,15H,3-11H2,1-2H3. The molecule has 1 aliphatic carbocycles. The van der Waals surface area contributed by atoms with Gasteiger partial charge in [-0.25, -0.2) is 0 Å². The third-order valence-corrected chi connectivity index (χ3v) is 3.84. The molecular formula is C13H27NO2. The Hall–Kier alpha value is -0.120. The van der Waals surface area contributed by atoms with E-state index in [2.05, 4.69) is 18.9 Å². The van der Waals surface area contributed by atoms with Crippen molar-refractivity contribution in [2.75, 3.05) is 33.4 Å². The summed E-state index contributed by atoms with van der Waals surface area (Å²) in [4.78, 5) is 2.42. The van der Waals surface area contributed by atoms with E-state index in [9.17, 15) is 0 Å². The van der Waals surface area contributed by atoms with Gasteiger partial charge >= 0.3 is 0 Å². The van der Waals surface area contributed by atoms with Gasteiger partial charge in [0.1, 0.15) is 0 Å². The van der Waals surface area contributed by atoms with E-state index in [1.165, 1.54) is 32.1 Å². The van der Waals surface area contributed by atoms with E-state index in [1.54, 1.807) is 0 Å². The molecule has 0 spiro atoms. The summed E-state index contributed by atoms with van der Waals surface area (Å²) >= 11 is 0. The number of aliphatic hydroxyl groups excluding tert-OH is 1. The minimum absolute atomic E-state index is 0.130. The lowest BCUT2D eigenvalue weighted by Gasteiger charge is -2.34. The Kier molecular flexibility index (Phi) is 7.01. The van der Waals surface area contributed by atoms with Crippen LogP contribution >= 0.6 is 0 Å². The van der Waals surface area contributed by atoms with Crippen molar-refractivity contribution in [1.29, 1.82) is 0 Å². The summed E-state index contributed by atoms with van der Waals surface area (Å²) in [6.07, 6.45) is 6.81. The summed E-state index contributed by atoms with van der Waals surface area (Å²) in [6.45, 7) is 4.63. The van der Waals surface area contributed by atoms with E-state index >= 15 is 0 Å². The highest BCUT2D eigenvalue weighted by atomic mass is 16.5. The largest absolute Gasteiger partial charge is 0.394 e. The first-order chi connectivity index (χ1) is 7.77. The first-order valence-electron chi connectivity index (χ1n) is 6.66. The van der Waals surface area contributed by atoms with Crippen molar-refractivity contribution in [3.8, 4) is 0 Å². The molecule has 0 saturated heterocycles. The van der Waals surface area contributed by atoms with Gasteiger partial charge in [0, 0.05) is 12.6 Å². The molecule has 1 aliphatic rings. The summed E-state index contributed by atoms with van der Waals surface area (Å²) in [5.41, 5.74) is 0. The third-order valence-electron chi connectivity index (χ3n) is 3.84. The lowest BCUT2D eigenvalue weighted by Crippen LogP contribution is -2.37. The molecule has 3 heteroatoms. The zero-order valence-electron chi connectivity index (χ0n) is 10.8. The molecule has 1 rings (SSSR count). The molecular weight excluding hydrogens is 202 g/mol. The van der Waals surface area contributed by atoms with Gasteiger partial charge in [-0.3, -0.25) is 0 Å². The monoisotopic (exact) mass is 229 g/mol. The Morgan fingerprint density at radius 2 is 1.88 bits per heavy atom. The lowest BCUT2D eigenvalue weighted by molar-refractivity contribution is 0.0627. The Balaban J connectivity index is 2.10. The quantitative estimate of drug-likeness (QED) is 0.677. The van der Waals surface area contributed by atoms with E-state index in [-0.39, 0.29) is 6.61 Å². The number of nitrogens with zero attached hydrogens (tertiary/aromatic N) is 1. The van der Waals surface area contributed by atoms with Crippen molar-refractivity contribution in [1.82, 2.24) is 4.90 Å². The Morgan fingerprint density at radius 1 is 1.19 bits per heavy atom. The summed E-state index contributed by atoms with van der Waals surface area (Å²) in [5.74, 6) is 0.968. The van der Waals surface area contributed by atoms with Gasteiger partial charge in [0.25, 0.3) is 0 Å². The first-order valence-corrected chi connectivity index (χ1v) is 6.66. The van der Waals surface area contributed by atoms with Crippen molar-refractivity contribution < 1.29 is 9.84 Å². The first kappa shape index (κ1) is 13.9. The zero-order valence-corrected chi connectivity index (χ0v) is 10.8. The highest BCUT2D eigenvalue weighted by Crippen LogP contribution is 2.28. The molecule has 1 fully saturated rings. The second-order valence-corrected chi connectivity index (χ2v) is 4.90. The van der Waals surface area contributed by atoms with Crippen LogP contribution in [0.25, 0.3) is 0 Å². The summed E-state index contributed by atoms with van der Waals surface area (Å²) in [5, 5.41) is 8.60. The van der Waals surface area contributed by atoms with Gasteiger partial charge in [0.05, 0.1) is 19.8 Å². The molecule has 0 aromatic rings. The molecule has 0 heterocycles. The van der Waals surface area contributed by atoms with Crippen LogP contribution in [0.4, 0.5) is 0 Å². The van der Waals surface area contributed by atoms with Gasteiger partial charge in [-0.2, -0.15) is 0 Å². The maximum atomic E-state index is 8.60. The Bertz CT molecular complexity index is 167. The molecule has 0 aliphatic heterocycles. The van der Waals surface area contributed by atoms with Gasteiger partial charge in [0.15, 0.2) is 0 Å². The molecule has 0 aromatic heterocycles. The highest BCUT2D eigenvalue weighted by Gasteiger charge is 2.22. The van der Waals surface area contributed by atoms with Crippen LogP contribution in [0, 0.1) is 5.92 Å². The second kappa shape index (κ2) is 8.04. The molecule has 0 bridgehead atoms. The van der Waals surface area contributed by atoms with Crippen LogP contribution < -0.4 is 0 Å². The maximum absolute atomic E-state index is 8.60. The maximum Gasteiger partial charge on any atom is 0.0698 e. The average molecular weight is 229 g/mol. The van der Waals surface area contributed by atoms with E-state index in [0.29, 0.717) is 6.61 Å². The van der Waals surface area contributed by atoms with Crippen LogP contribution in [0.1, 0.15) is 39.0 Å². The van der Waals surface area contributed by atoms with Crippen molar-refractivity contribution in [3.63, 3.8) is 0 Å². The van der Waals surface area contributed by atoms with Crippen LogP contribution in [0.5, 0.6) is 0 Å². The molecule has 16 heavy (non-hydrogen) atoms. The molecule has 1 N–H and O–H groups in total. The minimum Gasteiger partial charge on any atom is -0.394 e. The van der Waals surface area contributed by atoms with Gasteiger partial charge in [-0.05, 0) is 38.6 Å². The molecule has 0 unspecified atom stereocenters. The van der Waals surface area contributed by atoms with Crippen molar-refractivity contribution in [2.45, 2.75) is 45.1 Å². The zero-order chi connectivity index (χ0) is 11.8. The summed E-state index contributed by atoms with van der Waals surface area (Å²) < 4.78 is 5.29. The molecule has 3 nitrogen and oxygen atoms in total. The van der Waals surface area contributed by atoms with Gasteiger partial charge in [0.2, 0.25) is 0 Å². The fourth-order valence-electron chi connectivity index (χ4n) is 2.55. The fraction of sp³-hybridized carbons (Fsp3) is 1.00. The topological polar surface area (TPSA) is 32.7 Å². The van der Waals surface area contributed by atoms with Crippen LogP contribution in [0.2, 0.25) is 0 Å². The summed E-state index contributed by atoms with van der Waals surface area (Å²) in [7, 11) is 2.19. The van der Waals surface area contributed by atoms with E-state index in [0.717, 1.165) is 25.1 Å². The lowest BCUT2D eigenvalue weighted by atomic mass is 9.84. The number of hydrogen-bond acceptors (Lipinski definition) is 3. The Morgan fingerprint density at radius 3 is 2.44 bits per heavy atom. The molecule has 0 atom stereocenters. The summed E-state index contributed by atoms with van der Waals surface area (Å²) in [6, 6.07) is 0.750. The van der Waals surface area contributed by atoms with Crippen molar-refractivity contribution in [3.05, 3.63) is 0 Å². The average Bonchev–Trinajstić information content (AvgIpc) is 2.34. The third kappa shape index (κ3) is 4.81. The van der Waals surface area contributed by atoms with Gasteiger partial charge in [-0.15, -0.1) is 0 Å². The van der Waals surface area contributed by atoms with Crippen LogP contribution in [-0.2, 0) is 4.74 Å². The molecule has 0 aromatic carbocycles. The molecule has 0 radical (unpaired) electrons. The van der Waals surface area contributed by atoms with Gasteiger partial charge in [-0.1, -0.05) is 13.3 Å². The fourth-order valence-corrected chi connectivity index (χ4v) is 2.55. The Labute approximate surface area is 99.8 Å². The number of hydrogen-bond donors (Lipinski definition) is 1. The van der Waals surface area contributed by atoms with Crippen LogP contribution in [0.15, 0.2) is 0 Å². The molecule has 96 valence electrons. The van der Waals surface area contributed by atoms with E-state index in [1.807, 2.05) is 0 Å². The normalized spacial score (nSPS) is 26.2. The van der Waals surface area contributed by atoms with Gasteiger partial charge < -0.3 is 14.7 Å².